The summed E-state index contributed by atoms with van der Waals surface area (Å²) in [5.74, 6) is 0.0617. The second kappa shape index (κ2) is 7.42. The summed E-state index contributed by atoms with van der Waals surface area (Å²) in [6, 6.07) is 11.4. The second-order valence-corrected chi connectivity index (χ2v) is 6.88. The van der Waals surface area contributed by atoms with Crippen molar-refractivity contribution in [3.8, 4) is 11.1 Å². The maximum Gasteiger partial charge on any atom is 0.256 e. The Hall–Kier alpha value is -2.46. The summed E-state index contributed by atoms with van der Waals surface area (Å²) in [6.07, 6.45) is 0.733. The van der Waals surface area contributed by atoms with E-state index in [9.17, 15) is 9.59 Å². The second-order valence-electron chi connectivity index (χ2n) is 6.44. The minimum atomic E-state index is -0.0886. The number of hydrogen-bond donors (Lipinski definition) is 0. The predicted octanol–water partition coefficient (Wildman–Crippen LogP) is 4.57. The van der Waals surface area contributed by atoms with Gasteiger partial charge in [0.25, 0.3) is 5.56 Å². The third kappa shape index (κ3) is 3.42. The molecule has 0 fully saturated rings. The van der Waals surface area contributed by atoms with Gasteiger partial charge in [-0.05, 0) is 57.0 Å². The van der Waals surface area contributed by atoms with E-state index in [1.54, 1.807) is 17.6 Å². The number of pyridine rings is 2. The van der Waals surface area contributed by atoms with Crippen LogP contribution in [0.2, 0.25) is 5.02 Å². The molecular weight excluding hydrogens is 348 g/mol. The average Bonchev–Trinajstić information content (AvgIpc) is 2.59. The SMILES string of the molecule is CCn1c(=O)c(CCC(C)=O)c(-c2cccc(Cl)c2)c2ccc(C)nc21. The summed E-state index contributed by atoms with van der Waals surface area (Å²) < 4.78 is 1.69. The van der Waals surface area contributed by atoms with E-state index < -0.39 is 0 Å². The first-order chi connectivity index (χ1) is 12.4. The van der Waals surface area contributed by atoms with E-state index in [4.69, 9.17) is 11.6 Å². The standard InChI is InChI=1S/C21H21ClN2O2/c1-4-24-20-17(10-8-13(2)23-20)19(15-6-5-7-16(22)12-15)18(21(24)26)11-9-14(3)25/h5-8,10,12H,4,9,11H2,1-3H3. The molecule has 0 saturated heterocycles. The highest BCUT2D eigenvalue weighted by Crippen LogP contribution is 2.32. The van der Waals surface area contributed by atoms with E-state index in [0.717, 1.165) is 22.2 Å². The molecule has 0 spiro atoms. The number of carbonyl (C=O) groups is 1. The van der Waals surface area contributed by atoms with Gasteiger partial charge in [0.05, 0.1) is 0 Å². The van der Waals surface area contributed by atoms with Crippen LogP contribution in [0.25, 0.3) is 22.2 Å². The maximum absolute atomic E-state index is 13.2. The zero-order chi connectivity index (χ0) is 18.8. The molecule has 4 nitrogen and oxygen atoms in total. The predicted molar refractivity (Wildman–Crippen MR) is 106 cm³/mol. The Kier molecular flexibility index (Phi) is 5.23. The van der Waals surface area contributed by atoms with Gasteiger partial charge in [0.1, 0.15) is 11.4 Å². The minimum absolute atomic E-state index is 0.0617. The lowest BCUT2D eigenvalue weighted by Gasteiger charge is -2.17. The van der Waals surface area contributed by atoms with E-state index >= 15 is 0 Å². The van der Waals surface area contributed by atoms with Gasteiger partial charge in [-0.25, -0.2) is 4.98 Å². The molecule has 2 heterocycles. The number of Topliss-reactive ketones (excluding diaryl/α,β-unsaturated/α-hetero) is 1. The van der Waals surface area contributed by atoms with Gasteiger partial charge >= 0.3 is 0 Å². The summed E-state index contributed by atoms with van der Waals surface area (Å²) >= 11 is 6.20. The quantitative estimate of drug-likeness (QED) is 0.663. The molecule has 0 aliphatic rings. The zero-order valence-electron chi connectivity index (χ0n) is 15.2. The van der Waals surface area contributed by atoms with Gasteiger partial charge in [-0.1, -0.05) is 23.7 Å². The molecule has 0 aliphatic heterocycles. The van der Waals surface area contributed by atoms with Gasteiger partial charge in [0.2, 0.25) is 0 Å². The van der Waals surface area contributed by atoms with Gasteiger partial charge in [-0.3, -0.25) is 9.36 Å². The molecule has 3 aromatic rings. The highest BCUT2D eigenvalue weighted by Gasteiger charge is 2.19. The fraction of sp³-hybridized carbons (Fsp3) is 0.286. The third-order valence-corrected chi connectivity index (χ3v) is 4.74. The molecular formula is C21H21ClN2O2. The largest absolute Gasteiger partial charge is 0.300 e. The summed E-state index contributed by atoms with van der Waals surface area (Å²) in [4.78, 5) is 29.4. The summed E-state index contributed by atoms with van der Waals surface area (Å²) in [5.41, 5.74) is 3.77. The summed E-state index contributed by atoms with van der Waals surface area (Å²) in [5, 5.41) is 1.51. The molecule has 0 unspecified atom stereocenters. The third-order valence-electron chi connectivity index (χ3n) is 4.50. The van der Waals surface area contributed by atoms with Crippen molar-refractivity contribution in [2.24, 2.45) is 0 Å². The number of ketones is 1. The lowest BCUT2D eigenvalue weighted by atomic mass is 9.94. The molecule has 0 radical (unpaired) electrons. The van der Waals surface area contributed by atoms with Crippen molar-refractivity contribution >= 4 is 28.4 Å². The van der Waals surface area contributed by atoms with Gasteiger partial charge in [-0.15, -0.1) is 0 Å². The molecule has 3 rings (SSSR count). The topological polar surface area (TPSA) is 52.0 Å². The molecule has 2 aromatic heterocycles. The highest BCUT2D eigenvalue weighted by atomic mass is 35.5. The molecule has 0 N–H and O–H groups in total. The van der Waals surface area contributed by atoms with Gasteiger partial charge in [-0.2, -0.15) is 0 Å². The number of fused-ring (bicyclic) bond motifs is 1. The average molecular weight is 369 g/mol. The lowest BCUT2D eigenvalue weighted by Crippen LogP contribution is -2.26. The van der Waals surface area contributed by atoms with Crippen molar-refractivity contribution in [2.45, 2.75) is 40.2 Å². The van der Waals surface area contributed by atoms with Crippen molar-refractivity contribution in [3.05, 3.63) is 63.0 Å². The number of nitrogens with zero attached hydrogens (tertiary/aromatic N) is 2. The lowest BCUT2D eigenvalue weighted by molar-refractivity contribution is -0.116. The van der Waals surface area contributed by atoms with E-state index in [2.05, 4.69) is 4.98 Å². The molecule has 0 saturated carbocycles. The number of aryl methyl sites for hydroxylation is 2. The molecule has 134 valence electrons. The smallest absolute Gasteiger partial charge is 0.256 e. The maximum atomic E-state index is 13.2. The molecule has 0 amide bonds. The number of rotatable bonds is 5. The van der Waals surface area contributed by atoms with E-state index in [1.165, 1.54) is 0 Å². The van der Waals surface area contributed by atoms with Crippen LogP contribution >= 0.6 is 11.6 Å². The van der Waals surface area contributed by atoms with Crippen LogP contribution in [0.3, 0.4) is 0 Å². The molecule has 26 heavy (non-hydrogen) atoms. The van der Waals surface area contributed by atoms with Gasteiger partial charge < -0.3 is 4.79 Å². The highest BCUT2D eigenvalue weighted by molar-refractivity contribution is 6.30. The van der Waals surface area contributed by atoms with Crippen LogP contribution in [0.1, 0.15) is 31.5 Å². The van der Waals surface area contributed by atoms with E-state index in [-0.39, 0.29) is 11.3 Å². The van der Waals surface area contributed by atoms with Crippen molar-refractivity contribution in [1.29, 1.82) is 0 Å². The van der Waals surface area contributed by atoms with Gasteiger partial charge in [0, 0.05) is 40.2 Å². The van der Waals surface area contributed by atoms with Crippen LogP contribution in [0.4, 0.5) is 0 Å². The van der Waals surface area contributed by atoms with Crippen molar-refractivity contribution in [1.82, 2.24) is 9.55 Å². The molecule has 5 heteroatoms. The van der Waals surface area contributed by atoms with Crippen LogP contribution in [0, 0.1) is 6.92 Å². The minimum Gasteiger partial charge on any atom is -0.300 e. The Balaban J connectivity index is 2.43. The summed E-state index contributed by atoms with van der Waals surface area (Å²) in [6.45, 7) is 5.91. The molecule has 0 bridgehead atoms. The Labute approximate surface area is 157 Å². The van der Waals surface area contributed by atoms with Crippen molar-refractivity contribution < 1.29 is 4.79 Å². The van der Waals surface area contributed by atoms with Crippen molar-refractivity contribution in [3.63, 3.8) is 0 Å². The Morgan fingerprint density at radius 3 is 2.65 bits per heavy atom. The Bertz CT molecular complexity index is 1050. The first-order valence-electron chi connectivity index (χ1n) is 8.70. The first kappa shape index (κ1) is 18.3. The van der Waals surface area contributed by atoms with Crippen molar-refractivity contribution in [2.75, 3.05) is 0 Å². The number of benzene rings is 1. The van der Waals surface area contributed by atoms with E-state index in [1.807, 2.05) is 44.2 Å². The number of halogens is 1. The van der Waals surface area contributed by atoms with Crippen LogP contribution in [0.5, 0.6) is 0 Å². The summed E-state index contributed by atoms with van der Waals surface area (Å²) in [7, 11) is 0. The first-order valence-corrected chi connectivity index (χ1v) is 9.08. The Morgan fingerprint density at radius 1 is 1.23 bits per heavy atom. The fourth-order valence-electron chi connectivity index (χ4n) is 3.27. The molecule has 0 atom stereocenters. The van der Waals surface area contributed by atoms with Crippen LogP contribution in [-0.2, 0) is 17.8 Å². The Morgan fingerprint density at radius 2 is 2.00 bits per heavy atom. The van der Waals surface area contributed by atoms with Crippen LogP contribution in [-0.4, -0.2) is 15.3 Å². The fourth-order valence-corrected chi connectivity index (χ4v) is 3.46. The van der Waals surface area contributed by atoms with E-state index in [0.29, 0.717) is 35.6 Å². The molecule has 0 aliphatic carbocycles. The number of hydrogen-bond acceptors (Lipinski definition) is 3. The monoisotopic (exact) mass is 368 g/mol. The number of carbonyl (C=O) groups excluding carboxylic acids is 1. The van der Waals surface area contributed by atoms with Crippen LogP contribution in [0.15, 0.2) is 41.2 Å². The van der Waals surface area contributed by atoms with Gasteiger partial charge in [0.15, 0.2) is 0 Å². The number of aromatic nitrogens is 2. The zero-order valence-corrected chi connectivity index (χ0v) is 15.9. The van der Waals surface area contributed by atoms with Crippen LogP contribution < -0.4 is 5.56 Å². The molecule has 1 aromatic carbocycles. The normalized spacial score (nSPS) is 11.1.